The fraction of sp³-hybridized carbons (Fsp3) is 0.0952. The highest BCUT2D eigenvalue weighted by Crippen LogP contribution is 2.34. The minimum absolute atomic E-state index is 0.0560. The lowest BCUT2D eigenvalue weighted by molar-refractivity contribution is -0.0498. The van der Waals surface area contributed by atoms with Crippen LogP contribution >= 0.6 is 22.7 Å². The number of hydrogen-bond donors (Lipinski definition) is 0. The molecule has 0 saturated carbocycles. The molecule has 9 heteroatoms. The van der Waals surface area contributed by atoms with E-state index < -0.39 is 25.0 Å². The molecular formula is C21H13F2NO4S2. The molecule has 0 spiro atoms. The van der Waals surface area contributed by atoms with Crippen molar-refractivity contribution in [2.75, 3.05) is 6.61 Å². The van der Waals surface area contributed by atoms with E-state index in [0.29, 0.717) is 4.88 Å². The molecule has 2 aromatic heterocycles. The first kappa shape index (κ1) is 20.1. The summed E-state index contributed by atoms with van der Waals surface area (Å²) in [7, 11) is 0. The van der Waals surface area contributed by atoms with Gasteiger partial charge in [0.25, 0.3) is 0 Å². The van der Waals surface area contributed by atoms with Crippen LogP contribution in [0.2, 0.25) is 0 Å². The van der Waals surface area contributed by atoms with E-state index in [2.05, 4.69) is 9.72 Å². The maximum Gasteiger partial charge on any atom is 0.387 e. The number of para-hydroxylation sites is 1. The van der Waals surface area contributed by atoms with Gasteiger partial charge in [-0.2, -0.15) is 8.78 Å². The summed E-state index contributed by atoms with van der Waals surface area (Å²) in [6, 6.07) is 16.4. The molecule has 4 aromatic rings. The lowest BCUT2D eigenvalue weighted by atomic mass is 10.1. The number of fused-ring (bicyclic) bond motifs is 1. The Morgan fingerprint density at radius 2 is 1.73 bits per heavy atom. The first-order valence-corrected chi connectivity index (χ1v) is 10.3. The molecule has 0 N–H and O–H groups in total. The molecule has 0 amide bonds. The summed E-state index contributed by atoms with van der Waals surface area (Å²) in [6.45, 7) is -3.40. The highest BCUT2D eigenvalue weighted by molar-refractivity contribution is 7.26. The number of ether oxygens (including phenoxy) is 2. The van der Waals surface area contributed by atoms with Crippen LogP contribution in [0.4, 0.5) is 8.78 Å². The van der Waals surface area contributed by atoms with Gasteiger partial charge in [0.1, 0.15) is 15.6 Å². The van der Waals surface area contributed by atoms with Gasteiger partial charge in [-0.3, -0.25) is 4.79 Å². The average molecular weight is 445 g/mol. The molecule has 0 atom stereocenters. The summed E-state index contributed by atoms with van der Waals surface area (Å²) in [6.07, 6.45) is 0. The van der Waals surface area contributed by atoms with E-state index in [0.717, 1.165) is 20.1 Å². The maximum atomic E-state index is 12.3. The van der Waals surface area contributed by atoms with Gasteiger partial charge in [-0.25, -0.2) is 9.78 Å². The number of halogens is 2. The number of Topliss-reactive ketones (excluding diaryl/α,β-unsaturated/α-hetero) is 1. The lowest BCUT2D eigenvalue weighted by Crippen LogP contribution is -2.13. The predicted molar refractivity (Wildman–Crippen MR) is 111 cm³/mol. The van der Waals surface area contributed by atoms with Crippen molar-refractivity contribution in [1.82, 2.24) is 4.98 Å². The highest BCUT2D eigenvalue weighted by Gasteiger charge is 2.16. The molecule has 0 bridgehead atoms. The van der Waals surface area contributed by atoms with Crippen LogP contribution in [-0.2, 0) is 4.74 Å². The van der Waals surface area contributed by atoms with Crippen LogP contribution in [0.3, 0.4) is 0 Å². The first-order chi connectivity index (χ1) is 14.5. The summed E-state index contributed by atoms with van der Waals surface area (Å²) in [5.41, 5.74) is 1.12. The van der Waals surface area contributed by atoms with E-state index >= 15 is 0 Å². The van der Waals surface area contributed by atoms with Gasteiger partial charge in [0.15, 0.2) is 12.4 Å². The zero-order valence-corrected chi connectivity index (χ0v) is 16.8. The van der Waals surface area contributed by atoms with Gasteiger partial charge in [0.2, 0.25) is 0 Å². The molecule has 2 heterocycles. The van der Waals surface area contributed by atoms with E-state index in [1.54, 1.807) is 12.1 Å². The number of ketones is 1. The number of alkyl halides is 2. The van der Waals surface area contributed by atoms with Crippen molar-refractivity contribution < 1.29 is 27.8 Å². The third-order valence-corrected chi connectivity index (χ3v) is 6.32. The smallest absolute Gasteiger partial charge is 0.387 e. The number of esters is 1. The van der Waals surface area contributed by atoms with Crippen LogP contribution in [0.15, 0.2) is 60.7 Å². The SMILES string of the molecule is O=C(COC(=O)c1ccc(-c2nc3ccccc3s2)s1)c1ccc(OC(F)F)cc1. The van der Waals surface area contributed by atoms with Crippen molar-refractivity contribution >= 4 is 44.6 Å². The molecular weight excluding hydrogens is 432 g/mol. The molecule has 0 fully saturated rings. The van der Waals surface area contributed by atoms with Crippen molar-refractivity contribution in [3.8, 4) is 15.6 Å². The number of nitrogens with zero attached hydrogens (tertiary/aromatic N) is 1. The van der Waals surface area contributed by atoms with Gasteiger partial charge >= 0.3 is 12.6 Å². The summed E-state index contributed by atoms with van der Waals surface area (Å²) in [4.78, 5) is 30.2. The summed E-state index contributed by atoms with van der Waals surface area (Å²) in [5.74, 6) is -1.12. The zero-order valence-electron chi connectivity index (χ0n) is 15.2. The first-order valence-electron chi connectivity index (χ1n) is 8.70. The predicted octanol–water partition coefficient (Wildman–Crippen LogP) is 5.67. The second-order valence-corrected chi connectivity index (χ2v) is 8.17. The topological polar surface area (TPSA) is 65.5 Å². The quantitative estimate of drug-likeness (QED) is 0.271. The number of rotatable bonds is 7. The molecule has 0 radical (unpaired) electrons. The second-order valence-electron chi connectivity index (χ2n) is 6.05. The van der Waals surface area contributed by atoms with Crippen molar-refractivity contribution in [3.05, 3.63) is 71.1 Å². The molecule has 0 saturated heterocycles. The Morgan fingerprint density at radius 1 is 0.967 bits per heavy atom. The number of hydrogen-bond acceptors (Lipinski definition) is 7. The molecule has 5 nitrogen and oxygen atoms in total. The molecule has 2 aromatic carbocycles. The Labute approximate surface area is 177 Å². The van der Waals surface area contributed by atoms with Crippen LogP contribution < -0.4 is 4.74 Å². The van der Waals surface area contributed by atoms with Gasteiger partial charge in [0.05, 0.1) is 15.1 Å². The second kappa shape index (κ2) is 8.68. The molecule has 0 unspecified atom stereocenters. The van der Waals surface area contributed by atoms with Crippen molar-refractivity contribution in [2.45, 2.75) is 6.61 Å². The van der Waals surface area contributed by atoms with E-state index in [9.17, 15) is 18.4 Å². The van der Waals surface area contributed by atoms with Crippen LogP contribution in [0.5, 0.6) is 5.75 Å². The number of benzene rings is 2. The molecule has 0 aliphatic carbocycles. The minimum Gasteiger partial charge on any atom is -0.453 e. The van der Waals surface area contributed by atoms with Gasteiger partial charge in [0, 0.05) is 5.56 Å². The fourth-order valence-corrected chi connectivity index (χ4v) is 4.57. The molecule has 152 valence electrons. The minimum atomic E-state index is -2.94. The number of thiophene rings is 1. The van der Waals surface area contributed by atoms with Crippen LogP contribution in [-0.4, -0.2) is 30.0 Å². The van der Waals surface area contributed by atoms with Gasteiger partial charge in [-0.05, 0) is 48.5 Å². The monoisotopic (exact) mass is 445 g/mol. The summed E-state index contributed by atoms with van der Waals surface area (Å²) < 4.78 is 34.7. The van der Waals surface area contributed by atoms with Gasteiger partial charge in [-0.1, -0.05) is 12.1 Å². The van der Waals surface area contributed by atoms with Crippen molar-refractivity contribution in [2.24, 2.45) is 0 Å². The average Bonchev–Trinajstić information content (AvgIpc) is 3.39. The van der Waals surface area contributed by atoms with Crippen LogP contribution in [0, 0.1) is 0 Å². The Balaban J connectivity index is 1.38. The standard InChI is InChI=1S/C21H13F2NO4S2/c22-21(23)28-13-7-5-12(6-8-13)15(25)11-27-20(26)18-10-9-17(29-18)19-24-14-3-1-2-4-16(14)30-19/h1-10,21H,11H2. The molecule has 4 rings (SSSR count). The highest BCUT2D eigenvalue weighted by atomic mass is 32.1. The lowest BCUT2D eigenvalue weighted by Gasteiger charge is -2.06. The number of carbonyl (C=O) groups excluding carboxylic acids is 2. The number of aromatic nitrogens is 1. The van der Waals surface area contributed by atoms with Crippen molar-refractivity contribution in [3.63, 3.8) is 0 Å². The summed E-state index contributed by atoms with van der Waals surface area (Å²) in [5, 5.41) is 0.808. The summed E-state index contributed by atoms with van der Waals surface area (Å²) >= 11 is 2.77. The largest absolute Gasteiger partial charge is 0.453 e. The van der Waals surface area contributed by atoms with Gasteiger partial charge in [-0.15, -0.1) is 22.7 Å². The fourth-order valence-electron chi connectivity index (χ4n) is 2.65. The van der Waals surface area contributed by atoms with E-state index in [1.807, 2.05) is 24.3 Å². The van der Waals surface area contributed by atoms with E-state index in [4.69, 9.17) is 4.74 Å². The van der Waals surface area contributed by atoms with Crippen LogP contribution in [0.25, 0.3) is 20.1 Å². The van der Waals surface area contributed by atoms with Gasteiger partial charge < -0.3 is 9.47 Å². The normalized spacial score (nSPS) is 11.0. The molecule has 0 aliphatic heterocycles. The van der Waals surface area contributed by atoms with E-state index in [1.165, 1.54) is 46.9 Å². The van der Waals surface area contributed by atoms with E-state index in [-0.39, 0.29) is 11.3 Å². The third-order valence-electron chi connectivity index (χ3n) is 4.05. The zero-order chi connectivity index (χ0) is 21.1. The van der Waals surface area contributed by atoms with Crippen LogP contribution in [0.1, 0.15) is 20.0 Å². The molecule has 0 aliphatic rings. The third kappa shape index (κ3) is 4.52. The Morgan fingerprint density at radius 3 is 2.47 bits per heavy atom. The Kier molecular flexibility index (Phi) is 5.82. The maximum absolute atomic E-state index is 12.3. The number of carbonyl (C=O) groups is 2. The Bertz CT molecular complexity index is 1170. The van der Waals surface area contributed by atoms with Crippen molar-refractivity contribution in [1.29, 1.82) is 0 Å². The number of thiazole rings is 1. The molecule has 30 heavy (non-hydrogen) atoms. The Hall–Kier alpha value is -3.17.